The Kier molecular flexibility index (Phi) is 6.13. The standard InChI is InChI=1S/C6H14N.Ru/c1-2-3-4-5-6-7;/h6H,2-5,7H2,1H3;. The van der Waals surface area contributed by atoms with Crippen LogP contribution in [0, 0.1) is 0 Å². The topological polar surface area (TPSA) is 26.0 Å². The summed E-state index contributed by atoms with van der Waals surface area (Å²) in [5.74, 6) is 0. The molecular formula is C6H14NRu. The zero-order valence-corrected chi connectivity index (χ0v) is 7.07. The monoisotopic (exact) mass is 202 g/mol. The summed E-state index contributed by atoms with van der Waals surface area (Å²) in [4.78, 5) is 0. The van der Waals surface area contributed by atoms with Gasteiger partial charge in [0.1, 0.15) is 0 Å². The van der Waals surface area contributed by atoms with Gasteiger partial charge >= 0.3 is 61.3 Å². The van der Waals surface area contributed by atoms with Gasteiger partial charge in [0.05, 0.1) is 0 Å². The van der Waals surface area contributed by atoms with Crippen molar-refractivity contribution in [3.05, 3.63) is 0 Å². The van der Waals surface area contributed by atoms with Crippen LogP contribution in [0.3, 0.4) is 0 Å². The Morgan fingerprint density at radius 2 is 2.12 bits per heavy atom. The average molecular weight is 201 g/mol. The first-order chi connectivity index (χ1) is 3.77. The Balaban J connectivity index is 2.72. The quantitative estimate of drug-likeness (QED) is 0.540. The molecule has 2 N–H and O–H groups in total. The van der Waals surface area contributed by atoms with Crippen molar-refractivity contribution in [3.8, 4) is 0 Å². The van der Waals surface area contributed by atoms with E-state index in [1.54, 1.807) is 0 Å². The van der Waals surface area contributed by atoms with Crippen LogP contribution in [0.5, 0.6) is 0 Å². The summed E-state index contributed by atoms with van der Waals surface area (Å²) >= 11 is 2.52. The summed E-state index contributed by atoms with van der Waals surface area (Å²) in [6, 6.07) is 0. The molecule has 0 fully saturated rings. The Hall–Kier alpha value is 0.583. The van der Waals surface area contributed by atoms with Gasteiger partial charge < -0.3 is 0 Å². The van der Waals surface area contributed by atoms with Crippen molar-refractivity contribution >= 4 is 0 Å². The second-order valence-corrected chi connectivity index (χ2v) is 3.28. The first-order valence-corrected chi connectivity index (χ1v) is 4.16. The first-order valence-electron chi connectivity index (χ1n) is 3.15. The molecule has 0 saturated carbocycles. The van der Waals surface area contributed by atoms with E-state index < -0.39 is 0 Å². The zero-order chi connectivity index (χ0) is 6.41. The van der Waals surface area contributed by atoms with Crippen LogP contribution >= 0.6 is 0 Å². The molecule has 0 aromatic rings. The maximum atomic E-state index is 5.50. The molecule has 0 spiro atoms. The van der Waals surface area contributed by atoms with E-state index in [0.717, 1.165) is 6.42 Å². The summed E-state index contributed by atoms with van der Waals surface area (Å²) in [7, 11) is 0. The summed E-state index contributed by atoms with van der Waals surface area (Å²) in [6.07, 6.45) is 5.05. The fourth-order valence-corrected chi connectivity index (χ4v) is 0.939. The third kappa shape index (κ3) is 6.58. The molecule has 2 heteroatoms. The van der Waals surface area contributed by atoms with Crippen molar-refractivity contribution in [3.63, 3.8) is 0 Å². The summed E-state index contributed by atoms with van der Waals surface area (Å²) in [6.45, 7) is 2.20. The molecule has 0 aromatic carbocycles. The molecular weight excluding hydrogens is 187 g/mol. The minimum atomic E-state index is 0.334. The van der Waals surface area contributed by atoms with Crippen LogP contribution < -0.4 is 5.73 Å². The van der Waals surface area contributed by atoms with Crippen LogP contribution in [0.25, 0.3) is 0 Å². The van der Waals surface area contributed by atoms with Gasteiger partial charge in [-0.25, -0.2) is 0 Å². The van der Waals surface area contributed by atoms with Crippen LogP contribution in [0.2, 0.25) is 0 Å². The molecule has 8 heavy (non-hydrogen) atoms. The SMILES string of the molecule is CCCCC[CH](N)[Ru]. The molecule has 0 aliphatic heterocycles. The zero-order valence-electron chi connectivity index (χ0n) is 5.34. The van der Waals surface area contributed by atoms with Crippen molar-refractivity contribution in [2.24, 2.45) is 5.73 Å². The third-order valence-corrected chi connectivity index (χ3v) is 1.58. The molecule has 0 aromatic heterocycles. The first kappa shape index (κ1) is 8.58. The van der Waals surface area contributed by atoms with Crippen molar-refractivity contribution in [2.75, 3.05) is 0 Å². The molecule has 1 unspecified atom stereocenters. The van der Waals surface area contributed by atoms with Crippen molar-refractivity contribution in [1.82, 2.24) is 0 Å². The van der Waals surface area contributed by atoms with Crippen molar-refractivity contribution < 1.29 is 18.3 Å². The van der Waals surface area contributed by atoms with Crippen LogP contribution in [0.1, 0.15) is 32.6 Å². The predicted molar refractivity (Wildman–Crippen MR) is 32.1 cm³/mol. The van der Waals surface area contributed by atoms with Gasteiger partial charge in [0.2, 0.25) is 0 Å². The van der Waals surface area contributed by atoms with E-state index in [1.165, 1.54) is 19.3 Å². The van der Waals surface area contributed by atoms with Gasteiger partial charge in [0.25, 0.3) is 0 Å². The molecule has 1 atom stereocenters. The number of nitrogens with two attached hydrogens (primary N) is 1. The van der Waals surface area contributed by atoms with Gasteiger partial charge in [0.15, 0.2) is 0 Å². The fourth-order valence-electron chi connectivity index (χ4n) is 0.584. The van der Waals surface area contributed by atoms with Crippen LogP contribution in [0.15, 0.2) is 0 Å². The Morgan fingerprint density at radius 1 is 1.50 bits per heavy atom. The van der Waals surface area contributed by atoms with Crippen LogP contribution in [-0.4, -0.2) is 4.64 Å². The van der Waals surface area contributed by atoms with E-state index in [0.29, 0.717) is 4.64 Å². The Labute approximate surface area is 61.7 Å². The van der Waals surface area contributed by atoms with Crippen molar-refractivity contribution in [1.29, 1.82) is 0 Å². The summed E-state index contributed by atoms with van der Waals surface area (Å²) in [5.41, 5.74) is 5.50. The van der Waals surface area contributed by atoms with E-state index in [9.17, 15) is 0 Å². The van der Waals surface area contributed by atoms with E-state index in [4.69, 9.17) is 5.73 Å². The van der Waals surface area contributed by atoms with E-state index in [2.05, 4.69) is 25.2 Å². The summed E-state index contributed by atoms with van der Waals surface area (Å²) in [5, 5.41) is 0. The number of rotatable bonds is 4. The molecule has 0 amide bonds. The molecule has 0 heterocycles. The Bertz CT molecular complexity index is 45.8. The minimum absolute atomic E-state index is 0.334. The maximum absolute atomic E-state index is 5.50. The van der Waals surface area contributed by atoms with Gasteiger partial charge in [-0.2, -0.15) is 0 Å². The molecule has 51 valence electrons. The molecule has 1 nitrogen and oxygen atoms in total. The van der Waals surface area contributed by atoms with Crippen molar-refractivity contribution in [2.45, 2.75) is 37.2 Å². The predicted octanol–water partition coefficient (Wildman–Crippen LogP) is 1.40. The third-order valence-electron chi connectivity index (χ3n) is 1.08. The van der Waals surface area contributed by atoms with Gasteiger partial charge in [-0.3, -0.25) is 0 Å². The van der Waals surface area contributed by atoms with Gasteiger partial charge in [-0.1, -0.05) is 0 Å². The second-order valence-electron chi connectivity index (χ2n) is 1.99. The van der Waals surface area contributed by atoms with E-state index in [1.807, 2.05) is 0 Å². The average Bonchev–Trinajstić information content (AvgIpc) is 1.66. The van der Waals surface area contributed by atoms with Gasteiger partial charge in [-0.15, -0.1) is 0 Å². The summed E-state index contributed by atoms with van der Waals surface area (Å²) < 4.78 is 0.334. The number of unbranched alkanes of at least 4 members (excludes halogenated alkanes) is 2. The van der Waals surface area contributed by atoms with E-state index in [-0.39, 0.29) is 0 Å². The fraction of sp³-hybridized carbons (Fsp3) is 1.00. The van der Waals surface area contributed by atoms with Gasteiger partial charge in [-0.05, 0) is 0 Å². The Morgan fingerprint density at radius 3 is 2.50 bits per heavy atom. The van der Waals surface area contributed by atoms with Crippen LogP contribution in [-0.2, 0) is 18.3 Å². The molecule has 0 radical (unpaired) electrons. The normalized spacial score (nSPS) is 13.9. The van der Waals surface area contributed by atoms with Gasteiger partial charge in [0, 0.05) is 0 Å². The second kappa shape index (κ2) is 5.72. The molecule has 0 aliphatic rings. The number of hydrogen-bond donors (Lipinski definition) is 1. The van der Waals surface area contributed by atoms with Crippen LogP contribution in [0.4, 0.5) is 0 Å². The van der Waals surface area contributed by atoms with E-state index >= 15 is 0 Å². The molecule has 0 aliphatic carbocycles. The molecule has 0 bridgehead atoms. The number of hydrogen-bond acceptors (Lipinski definition) is 1. The molecule has 0 rings (SSSR count). The molecule has 0 saturated heterocycles.